The topological polar surface area (TPSA) is 96.5 Å². The molecular weight excluding hydrogens is 298 g/mol. The number of H-pyrrole nitrogens is 1. The van der Waals surface area contributed by atoms with Gasteiger partial charge in [-0.1, -0.05) is 0 Å². The van der Waals surface area contributed by atoms with Crippen LogP contribution in [0.25, 0.3) is 10.9 Å². The molecule has 3 heterocycles. The van der Waals surface area contributed by atoms with E-state index in [2.05, 4.69) is 15.5 Å². The molecule has 0 aliphatic carbocycles. The number of benzene rings is 1. The second kappa shape index (κ2) is 5.82. The van der Waals surface area contributed by atoms with Crippen LogP contribution in [-0.4, -0.2) is 41.2 Å². The van der Waals surface area contributed by atoms with Crippen molar-refractivity contribution in [2.24, 2.45) is 0 Å². The van der Waals surface area contributed by atoms with Crippen LogP contribution in [0.15, 0.2) is 12.1 Å². The average molecular weight is 317 g/mol. The predicted molar refractivity (Wildman–Crippen MR) is 83.4 cm³/mol. The second-order valence-electron chi connectivity index (χ2n) is 6.01. The molecule has 0 radical (unpaired) electrons. The Labute approximate surface area is 133 Å². The third-order valence-electron chi connectivity index (χ3n) is 4.61. The maximum absolute atomic E-state index is 11.6. The molecule has 1 fully saturated rings. The number of carbonyl (C=O) groups excluding carboxylic acids is 1. The van der Waals surface area contributed by atoms with Crippen molar-refractivity contribution in [2.75, 3.05) is 25.1 Å². The van der Waals surface area contributed by atoms with E-state index in [0.29, 0.717) is 18.0 Å². The molecule has 1 amide bonds. The van der Waals surface area contributed by atoms with Gasteiger partial charge in [0.1, 0.15) is 6.10 Å². The highest BCUT2D eigenvalue weighted by Crippen LogP contribution is 2.38. The Hall–Kier alpha value is -2.12. The molecule has 4 rings (SSSR count). The number of cyclic esters (lactones) is 1. The highest BCUT2D eigenvalue weighted by Gasteiger charge is 2.28. The van der Waals surface area contributed by atoms with Crippen LogP contribution < -0.4 is 5.32 Å². The normalized spacial score (nSPS) is 21.8. The minimum atomic E-state index is -0.490. The predicted octanol–water partition coefficient (Wildman–Crippen LogP) is 2.44. The molecule has 1 atom stereocenters. The average Bonchev–Trinajstić information content (AvgIpc) is 2.97. The van der Waals surface area contributed by atoms with Gasteiger partial charge >= 0.3 is 6.09 Å². The van der Waals surface area contributed by atoms with Gasteiger partial charge in [0, 0.05) is 48.8 Å². The Morgan fingerprint density at radius 3 is 2.91 bits per heavy atom. The Kier molecular flexibility index (Phi) is 3.66. The third-order valence-corrected chi connectivity index (χ3v) is 4.61. The van der Waals surface area contributed by atoms with Crippen LogP contribution in [0.2, 0.25) is 0 Å². The molecule has 0 saturated carbocycles. The number of aliphatic hydroxyl groups is 1. The summed E-state index contributed by atoms with van der Waals surface area (Å²) in [4.78, 5) is 11.6. The van der Waals surface area contributed by atoms with Gasteiger partial charge in [0.2, 0.25) is 0 Å². The van der Waals surface area contributed by atoms with Crippen LogP contribution in [0.4, 0.5) is 10.5 Å². The monoisotopic (exact) mass is 317 g/mol. The number of ether oxygens (including phenoxy) is 2. The first-order chi connectivity index (χ1) is 11.3. The van der Waals surface area contributed by atoms with Crippen molar-refractivity contribution >= 4 is 22.7 Å². The number of hydrogen-bond acceptors (Lipinski definition) is 5. The zero-order valence-corrected chi connectivity index (χ0v) is 12.7. The lowest BCUT2D eigenvalue weighted by Gasteiger charge is -2.26. The zero-order valence-electron chi connectivity index (χ0n) is 12.7. The lowest BCUT2D eigenvalue weighted by Crippen LogP contribution is -2.25. The van der Waals surface area contributed by atoms with Gasteiger partial charge in [-0.15, -0.1) is 0 Å². The van der Waals surface area contributed by atoms with Crippen molar-refractivity contribution in [3.63, 3.8) is 0 Å². The number of nitrogens with zero attached hydrogens (tertiary/aromatic N) is 1. The highest BCUT2D eigenvalue weighted by atomic mass is 16.6. The Balaban J connectivity index is 1.78. The SMILES string of the molecule is O=C1Nc2cc3n[nH]c(C4CCOCC4)c3cc2C(CCO)O1. The smallest absolute Gasteiger partial charge is 0.412 e. The first kappa shape index (κ1) is 14.5. The van der Waals surface area contributed by atoms with Crippen LogP contribution in [0, 0.1) is 0 Å². The Bertz CT molecular complexity index is 736. The first-order valence-electron chi connectivity index (χ1n) is 7.94. The van der Waals surface area contributed by atoms with Crippen molar-refractivity contribution in [3.8, 4) is 0 Å². The molecule has 7 heteroatoms. The summed E-state index contributed by atoms with van der Waals surface area (Å²) in [6.07, 6.45) is 1.42. The summed E-state index contributed by atoms with van der Waals surface area (Å²) in [5.74, 6) is 0.405. The van der Waals surface area contributed by atoms with Crippen molar-refractivity contribution in [1.29, 1.82) is 0 Å². The molecule has 23 heavy (non-hydrogen) atoms. The number of hydrogen-bond donors (Lipinski definition) is 3. The summed E-state index contributed by atoms with van der Waals surface area (Å²) in [5.41, 5.74) is 3.54. The molecule has 1 aromatic carbocycles. The quantitative estimate of drug-likeness (QED) is 0.808. The van der Waals surface area contributed by atoms with Crippen molar-refractivity contribution in [3.05, 3.63) is 23.4 Å². The van der Waals surface area contributed by atoms with E-state index in [1.165, 1.54) is 0 Å². The van der Waals surface area contributed by atoms with E-state index in [1.807, 2.05) is 12.1 Å². The van der Waals surface area contributed by atoms with E-state index < -0.39 is 12.2 Å². The van der Waals surface area contributed by atoms with Gasteiger partial charge in [-0.25, -0.2) is 4.79 Å². The van der Waals surface area contributed by atoms with Crippen LogP contribution in [0.3, 0.4) is 0 Å². The number of anilines is 1. The van der Waals surface area contributed by atoms with E-state index >= 15 is 0 Å². The molecule has 2 aromatic rings. The zero-order chi connectivity index (χ0) is 15.8. The van der Waals surface area contributed by atoms with Gasteiger partial charge in [-0.3, -0.25) is 10.4 Å². The maximum atomic E-state index is 11.6. The van der Waals surface area contributed by atoms with Crippen molar-refractivity contribution in [2.45, 2.75) is 31.3 Å². The number of carbonyl (C=O) groups is 1. The number of amides is 1. The number of aliphatic hydroxyl groups excluding tert-OH is 1. The summed E-state index contributed by atoms with van der Waals surface area (Å²) in [6.45, 7) is 1.50. The van der Waals surface area contributed by atoms with Gasteiger partial charge in [0.05, 0.1) is 11.2 Å². The molecule has 7 nitrogen and oxygen atoms in total. The lowest BCUT2D eigenvalue weighted by atomic mass is 9.92. The molecule has 2 aliphatic rings. The molecule has 122 valence electrons. The van der Waals surface area contributed by atoms with Gasteiger partial charge in [-0.2, -0.15) is 5.10 Å². The fraction of sp³-hybridized carbons (Fsp3) is 0.500. The fourth-order valence-electron chi connectivity index (χ4n) is 3.43. The Morgan fingerprint density at radius 1 is 1.30 bits per heavy atom. The number of nitrogens with one attached hydrogen (secondary N) is 2. The van der Waals surface area contributed by atoms with Crippen molar-refractivity contribution in [1.82, 2.24) is 10.2 Å². The van der Waals surface area contributed by atoms with E-state index in [1.54, 1.807) is 0 Å². The summed E-state index contributed by atoms with van der Waals surface area (Å²) in [6, 6.07) is 3.90. The fourth-order valence-corrected chi connectivity index (χ4v) is 3.43. The van der Waals surface area contributed by atoms with Crippen LogP contribution in [0.1, 0.15) is 42.5 Å². The highest BCUT2D eigenvalue weighted by molar-refractivity contribution is 5.94. The molecule has 1 unspecified atom stereocenters. The summed E-state index contributed by atoms with van der Waals surface area (Å²) in [7, 11) is 0. The van der Waals surface area contributed by atoms with E-state index in [9.17, 15) is 9.90 Å². The van der Waals surface area contributed by atoms with Crippen LogP contribution in [0.5, 0.6) is 0 Å². The number of fused-ring (bicyclic) bond motifs is 2. The van der Waals surface area contributed by atoms with Crippen LogP contribution >= 0.6 is 0 Å². The van der Waals surface area contributed by atoms with E-state index in [-0.39, 0.29) is 6.61 Å². The molecule has 0 bridgehead atoms. The molecular formula is C16H19N3O4. The van der Waals surface area contributed by atoms with Gasteiger partial charge in [0.25, 0.3) is 0 Å². The number of aromatic amines is 1. The van der Waals surface area contributed by atoms with Gasteiger partial charge in [-0.05, 0) is 25.0 Å². The standard InChI is InChI=1S/C16H19N3O4/c20-4-1-14-10-7-11-13(8-12(10)17-16(21)23-14)18-19-15(11)9-2-5-22-6-3-9/h7-9,14,20H,1-6H2,(H,17,21)(H,18,19). The lowest BCUT2D eigenvalue weighted by molar-refractivity contribution is 0.0845. The maximum Gasteiger partial charge on any atom is 0.412 e. The summed E-state index contributed by atoms with van der Waals surface area (Å²) >= 11 is 0. The Morgan fingerprint density at radius 2 is 2.13 bits per heavy atom. The van der Waals surface area contributed by atoms with E-state index in [0.717, 1.165) is 48.2 Å². The molecule has 2 aliphatic heterocycles. The molecule has 0 spiro atoms. The molecule has 1 aromatic heterocycles. The molecule has 3 N–H and O–H groups in total. The molecule has 1 saturated heterocycles. The number of aromatic nitrogens is 2. The summed E-state index contributed by atoms with van der Waals surface area (Å²) in [5, 5.41) is 20.5. The minimum Gasteiger partial charge on any atom is -0.441 e. The first-order valence-corrected chi connectivity index (χ1v) is 7.94. The van der Waals surface area contributed by atoms with Crippen LogP contribution in [-0.2, 0) is 9.47 Å². The summed E-state index contributed by atoms with van der Waals surface area (Å²) < 4.78 is 10.7. The van der Waals surface area contributed by atoms with Crippen molar-refractivity contribution < 1.29 is 19.4 Å². The van der Waals surface area contributed by atoms with Gasteiger partial charge < -0.3 is 14.6 Å². The third kappa shape index (κ3) is 2.55. The second-order valence-corrected chi connectivity index (χ2v) is 6.01. The van der Waals surface area contributed by atoms with E-state index in [4.69, 9.17) is 9.47 Å². The number of rotatable bonds is 3. The van der Waals surface area contributed by atoms with Gasteiger partial charge in [0.15, 0.2) is 0 Å². The minimum absolute atomic E-state index is 0.0341. The largest absolute Gasteiger partial charge is 0.441 e.